The lowest BCUT2D eigenvalue weighted by Gasteiger charge is -2.28. The van der Waals surface area contributed by atoms with E-state index < -0.39 is 0 Å². The smallest absolute Gasteiger partial charge is 0.119 e. The van der Waals surface area contributed by atoms with Gasteiger partial charge in [-0.1, -0.05) is 39.3 Å². The first-order valence-electron chi connectivity index (χ1n) is 9.63. The average Bonchev–Trinajstić information content (AvgIpc) is 3.22. The van der Waals surface area contributed by atoms with Gasteiger partial charge in [0.25, 0.3) is 0 Å². The standard InChI is InChI=1S/C23H29NO/c1-5-23(2,3)16-9-14-22-20(15-16)19-7-6-8-21(19)24(22)17-10-12-18(25-4)13-11-17/h9-15,19,21H,5-8H2,1-4H3. The summed E-state index contributed by atoms with van der Waals surface area (Å²) in [4.78, 5) is 2.58. The summed E-state index contributed by atoms with van der Waals surface area (Å²) in [6.07, 6.45) is 5.11. The van der Waals surface area contributed by atoms with Crippen molar-refractivity contribution in [3.63, 3.8) is 0 Å². The summed E-state index contributed by atoms with van der Waals surface area (Å²) in [5.74, 6) is 1.61. The van der Waals surface area contributed by atoms with Crippen LogP contribution in [0.1, 0.15) is 63.5 Å². The molecule has 2 unspecified atom stereocenters. The molecule has 132 valence electrons. The van der Waals surface area contributed by atoms with E-state index in [1.807, 2.05) is 0 Å². The number of ether oxygens (including phenoxy) is 1. The highest BCUT2D eigenvalue weighted by Gasteiger charge is 2.42. The molecule has 2 aromatic rings. The molecular formula is C23H29NO. The Kier molecular flexibility index (Phi) is 4.02. The van der Waals surface area contributed by atoms with E-state index in [0.717, 1.165) is 5.75 Å². The summed E-state index contributed by atoms with van der Waals surface area (Å²) in [6, 6.07) is 16.4. The molecule has 2 nitrogen and oxygen atoms in total. The molecule has 0 bridgehead atoms. The average molecular weight is 335 g/mol. The molecule has 0 amide bonds. The van der Waals surface area contributed by atoms with E-state index in [1.54, 1.807) is 12.7 Å². The van der Waals surface area contributed by atoms with Gasteiger partial charge in [-0.15, -0.1) is 0 Å². The molecule has 0 aromatic heterocycles. The number of fused-ring (bicyclic) bond motifs is 3. The van der Waals surface area contributed by atoms with E-state index in [4.69, 9.17) is 4.74 Å². The van der Waals surface area contributed by atoms with Crippen LogP contribution in [0.15, 0.2) is 42.5 Å². The largest absolute Gasteiger partial charge is 0.497 e. The third kappa shape index (κ3) is 2.63. The number of nitrogens with zero attached hydrogens (tertiary/aromatic N) is 1. The zero-order valence-electron chi connectivity index (χ0n) is 15.9. The van der Waals surface area contributed by atoms with Crippen LogP contribution in [0, 0.1) is 0 Å². The molecule has 1 heterocycles. The van der Waals surface area contributed by atoms with Crippen LogP contribution < -0.4 is 9.64 Å². The maximum Gasteiger partial charge on any atom is 0.119 e. The molecule has 2 aliphatic rings. The van der Waals surface area contributed by atoms with Crippen molar-refractivity contribution in [3.8, 4) is 5.75 Å². The highest BCUT2D eigenvalue weighted by atomic mass is 16.5. The first kappa shape index (κ1) is 16.5. The first-order chi connectivity index (χ1) is 12.0. The SMILES string of the molecule is CCC(C)(C)c1ccc2c(c1)C1CCCC1N2c1ccc(OC)cc1. The highest BCUT2D eigenvalue weighted by molar-refractivity contribution is 5.74. The summed E-state index contributed by atoms with van der Waals surface area (Å²) in [5.41, 5.74) is 6.00. The quantitative estimate of drug-likeness (QED) is 0.662. The molecule has 2 atom stereocenters. The Hall–Kier alpha value is -1.96. The van der Waals surface area contributed by atoms with E-state index in [0.29, 0.717) is 12.0 Å². The summed E-state index contributed by atoms with van der Waals surface area (Å²) < 4.78 is 5.33. The Morgan fingerprint density at radius 1 is 1.08 bits per heavy atom. The summed E-state index contributed by atoms with van der Waals surface area (Å²) >= 11 is 0. The summed E-state index contributed by atoms with van der Waals surface area (Å²) in [7, 11) is 1.73. The van der Waals surface area contributed by atoms with Gasteiger partial charge in [-0.3, -0.25) is 0 Å². The molecule has 4 rings (SSSR count). The lowest BCUT2D eigenvalue weighted by atomic mass is 9.80. The molecule has 1 fully saturated rings. The van der Waals surface area contributed by atoms with Crippen molar-refractivity contribution < 1.29 is 4.74 Å². The van der Waals surface area contributed by atoms with Crippen molar-refractivity contribution in [3.05, 3.63) is 53.6 Å². The van der Waals surface area contributed by atoms with Gasteiger partial charge in [-0.2, -0.15) is 0 Å². The van der Waals surface area contributed by atoms with E-state index in [2.05, 4.69) is 68.1 Å². The maximum absolute atomic E-state index is 5.33. The second-order valence-corrected chi connectivity index (χ2v) is 8.18. The molecule has 1 aliphatic heterocycles. The fourth-order valence-corrected chi connectivity index (χ4v) is 4.56. The minimum Gasteiger partial charge on any atom is -0.497 e. The molecule has 0 N–H and O–H groups in total. The third-order valence-corrected chi connectivity index (χ3v) is 6.51. The Morgan fingerprint density at radius 2 is 1.84 bits per heavy atom. The van der Waals surface area contributed by atoms with Crippen molar-refractivity contribution in [2.75, 3.05) is 12.0 Å². The van der Waals surface area contributed by atoms with Crippen LogP contribution >= 0.6 is 0 Å². The predicted molar refractivity (Wildman–Crippen MR) is 105 cm³/mol. The van der Waals surface area contributed by atoms with Crippen LogP contribution in [-0.4, -0.2) is 13.2 Å². The van der Waals surface area contributed by atoms with E-state index in [9.17, 15) is 0 Å². The Bertz CT molecular complexity index is 762. The topological polar surface area (TPSA) is 12.5 Å². The molecule has 1 saturated carbocycles. The summed E-state index contributed by atoms with van der Waals surface area (Å²) in [6.45, 7) is 7.00. The number of methoxy groups -OCH3 is 1. The predicted octanol–water partition coefficient (Wildman–Crippen LogP) is 6.17. The van der Waals surface area contributed by atoms with Crippen molar-refractivity contribution in [2.45, 2.75) is 63.8 Å². The fraction of sp³-hybridized carbons (Fsp3) is 0.478. The monoisotopic (exact) mass is 335 g/mol. The Balaban J connectivity index is 1.78. The fourth-order valence-electron chi connectivity index (χ4n) is 4.56. The molecule has 0 spiro atoms. The number of rotatable bonds is 4. The van der Waals surface area contributed by atoms with E-state index in [1.165, 1.54) is 42.6 Å². The number of anilines is 2. The third-order valence-electron chi connectivity index (χ3n) is 6.51. The Morgan fingerprint density at radius 3 is 2.52 bits per heavy atom. The molecule has 1 aliphatic carbocycles. The van der Waals surface area contributed by atoms with Gasteiger partial charge in [-0.05, 0) is 66.1 Å². The molecule has 0 saturated heterocycles. The van der Waals surface area contributed by atoms with Gasteiger partial charge in [0.2, 0.25) is 0 Å². The number of hydrogen-bond acceptors (Lipinski definition) is 2. The lowest BCUT2D eigenvalue weighted by molar-refractivity contribution is 0.415. The van der Waals surface area contributed by atoms with Crippen molar-refractivity contribution in [1.82, 2.24) is 0 Å². The number of hydrogen-bond donors (Lipinski definition) is 0. The van der Waals surface area contributed by atoms with Gasteiger partial charge in [0.1, 0.15) is 5.75 Å². The van der Waals surface area contributed by atoms with E-state index >= 15 is 0 Å². The first-order valence-corrected chi connectivity index (χ1v) is 9.63. The van der Waals surface area contributed by atoms with Crippen LogP contribution in [0.25, 0.3) is 0 Å². The normalized spacial score (nSPS) is 22.0. The van der Waals surface area contributed by atoms with Gasteiger partial charge in [0, 0.05) is 23.3 Å². The second-order valence-electron chi connectivity index (χ2n) is 8.18. The van der Waals surface area contributed by atoms with Gasteiger partial charge in [0.05, 0.1) is 7.11 Å². The van der Waals surface area contributed by atoms with Crippen molar-refractivity contribution in [1.29, 1.82) is 0 Å². The van der Waals surface area contributed by atoms with Gasteiger partial charge in [0.15, 0.2) is 0 Å². The highest BCUT2D eigenvalue weighted by Crippen LogP contribution is 2.53. The van der Waals surface area contributed by atoms with Gasteiger partial charge < -0.3 is 9.64 Å². The second kappa shape index (κ2) is 6.09. The van der Waals surface area contributed by atoms with Crippen LogP contribution in [0.5, 0.6) is 5.75 Å². The zero-order chi connectivity index (χ0) is 17.6. The van der Waals surface area contributed by atoms with Gasteiger partial charge >= 0.3 is 0 Å². The van der Waals surface area contributed by atoms with Crippen molar-refractivity contribution in [2.24, 2.45) is 0 Å². The summed E-state index contributed by atoms with van der Waals surface area (Å²) in [5, 5.41) is 0. The van der Waals surface area contributed by atoms with Crippen molar-refractivity contribution >= 4 is 11.4 Å². The molecule has 2 heteroatoms. The lowest BCUT2D eigenvalue weighted by Crippen LogP contribution is -2.26. The number of benzene rings is 2. The van der Waals surface area contributed by atoms with Gasteiger partial charge in [-0.25, -0.2) is 0 Å². The van der Waals surface area contributed by atoms with Crippen LogP contribution in [0.4, 0.5) is 11.4 Å². The van der Waals surface area contributed by atoms with E-state index in [-0.39, 0.29) is 5.41 Å². The minimum absolute atomic E-state index is 0.247. The Labute approximate surface area is 151 Å². The molecule has 25 heavy (non-hydrogen) atoms. The zero-order valence-corrected chi connectivity index (χ0v) is 15.9. The molecule has 0 radical (unpaired) electrons. The molecule has 2 aromatic carbocycles. The maximum atomic E-state index is 5.33. The minimum atomic E-state index is 0.247. The molecular weight excluding hydrogens is 306 g/mol. The van der Waals surface area contributed by atoms with Crippen LogP contribution in [0.3, 0.4) is 0 Å². The van der Waals surface area contributed by atoms with Crippen LogP contribution in [-0.2, 0) is 5.41 Å². The van der Waals surface area contributed by atoms with Crippen LogP contribution in [0.2, 0.25) is 0 Å².